The molecule has 6 N–H and O–H groups in total. The van der Waals surface area contributed by atoms with Crippen LogP contribution in [0, 0.1) is 18.3 Å². The predicted octanol–water partition coefficient (Wildman–Crippen LogP) is 2.74. The number of halogens is 2. The van der Waals surface area contributed by atoms with Crippen molar-refractivity contribution in [2.75, 3.05) is 23.3 Å². The zero-order valence-electron chi connectivity index (χ0n) is 17.2. The number of nitrogen functional groups attached to an aromatic ring is 2. The van der Waals surface area contributed by atoms with E-state index in [1.165, 1.54) is 13.1 Å². The van der Waals surface area contributed by atoms with Crippen molar-refractivity contribution in [3.05, 3.63) is 47.2 Å². The normalized spacial score (nSPS) is 20.2. The molecule has 8 nitrogen and oxygen atoms in total. The minimum atomic E-state index is -3.06. The summed E-state index contributed by atoms with van der Waals surface area (Å²) in [6.45, 7) is 2.71. The van der Waals surface area contributed by atoms with E-state index in [0.29, 0.717) is 11.1 Å². The van der Waals surface area contributed by atoms with Crippen molar-refractivity contribution in [2.45, 2.75) is 32.2 Å². The van der Waals surface area contributed by atoms with Crippen LogP contribution in [-0.2, 0) is 9.59 Å². The number of alkyl halides is 2. The summed E-state index contributed by atoms with van der Waals surface area (Å²) in [7, 11) is 0. The lowest BCUT2D eigenvalue weighted by Gasteiger charge is -2.43. The van der Waals surface area contributed by atoms with Gasteiger partial charge in [-0.2, -0.15) is 0 Å². The van der Waals surface area contributed by atoms with Gasteiger partial charge in [0.15, 0.2) is 0 Å². The Labute approximate surface area is 178 Å². The first kappa shape index (κ1) is 22.1. The van der Waals surface area contributed by atoms with Crippen LogP contribution < -0.4 is 16.8 Å². The molecule has 2 heterocycles. The molecule has 1 aromatic heterocycles. The number of hydrogen-bond acceptors (Lipinski definition) is 6. The molecule has 0 bridgehead atoms. The minimum absolute atomic E-state index is 0.231. The minimum Gasteiger partial charge on any atom is -0.398 e. The van der Waals surface area contributed by atoms with Crippen LogP contribution in [0.3, 0.4) is 0 Å². The number of nitrogens with zero attached hydrogens (tertiary/aromatic N) is 2. The molecule has 1 fully saturated rings. The van der Waals surface area contributed by atoms with E-state index in [0.717, 1.165) is 11.1 Å². The summed E-state index contributed by atoms with van der Waals surface area (Å²) in [5, 5.41) is 10.1. The summed E-state index contributed by atoms with van der Waals surface area (Å²) < 4.78 is 29.2. The Kier molecular flexibility index (Phi) is 5.92. The maximum atomic E-state index is 14.6. The van der Waals surface area contributed by atoms with Crippen LogP contribution in [0.4, 0.5) is 26.0 Å². The third kappa shape index (κ3) is 4.32. The van der Waals surface area contributed by atoms with Gasteiger partial charge in [0.2, 0.25) is 0 Å². The van der Waals surface area contributed by atoms with Gasteiger partial charge >= 0.3 is 11.8 Å². The van der Waals surface area contributed by atoms with Crippen molar-refractivity contribution < 1.29 is 18.4 Å². The van der Waals surface area contributed by atoms with Crippen molar-refractivity contribution in [3.63, 3.8) is 0 Å². The number of hydrogen-bond donors (Lipinski definition) is 4. The number of benzene rings is 1. The lowest BCUT2D eigenvalue weighted by Crippen LogP contribution is -2.52. The van der Waals surface area contributed by atoms with Crippen molar-refractivity contribution in [3.8, 4) is 0 Å². The molecule has 0 saturated carbocycles. The number of carbonyl (C=O) groups excluding carboxylic acids is 2. The van der Waals surface area contributed by atoms with Crippen molar-refractivity contribution in [2.24, 2.45) is 5.92 Å². The number of pyridine rings is 1. The molecule has 0 aliphatic carbocycles. The summed E-state index contributed by atoms with van der Waals surface area (Å²) in [4.78, 5) is 30.7. The number of nitrogens with two attached hydrogens (primary N) is 2. The summed E-state index contributed by atoms with van der Waals surface area (Å²) in [6, 6.07) is 5.10. The first-order valence-corrected chi connectivity index (χ1v) is 9.66. The molecular formula is C21H24F2N6O2. The van der Waals surface area contributed by atoms with Gasteiger partial charge in [0.05, 0.1) is 17.9 Å². The van der Waals surface area contributed by atoms with Gasteiger partial charge in [0, 0.05) is 36.3 Å². The van der Waals surface area contributed by atoms with E-state index in [4.69, 9.17) is 16.9 Å². The molecule has 2 aromatic rings. The largest absolute Gasteiger partial charge is 0.398 e. The van der Waals surface area contributed by atoms with Crippen LogP contribution >= 0.6 is 0 Å². The Bertz CT molecular complexity index is 1040. The van der Waals surface area contributed by atoms with Crippen molar-refractivity contribution in [1.29, 1.82) is 5.41 Å². The maximum absolute atomic E-state index is 14.6. The third-order valence-corrected chi connectivity index (χ3v) is 5.54. The van der Waals surface area contributed by atoms with Crippen LogP contribution in [0.5, 0.6) is 0 Å². The third-order valence-electron chi connectivity index (χ3n) is 5.54. The molecule has 2 atom stereocenters. The smallest absolute Gasteiger partial charge is 0.313 e. The molecule has 1 aliphatic heterocycles. The molecule has 0 spiro atoms. The molecule has 0 unspecified atom stereocenters. The molecule has 31 heavy (non-hydrogen) atoms. The van der Waals surface area contributed by atoms with Crippen LogP contribution in [-0.4, -0.2) is 40.4 Å². The highest BCUT2D eigenvalue weighted by atomic mass is 19.3. The fraction of sp³-hybridized carbons (Fsp3) is 0.333. The Morgan fingerprint density at radius 2 is 2.06 bits per heavy atom. The summed E-state index contributed by atoms with van der Waals surface area (Å²) in [6.07, 6.45) is 1.59. The van der Waals surface area contributed by atoms with Crippen LogP contribution in [0.2, 0.25) is 0 Å². The second kappa shape index (κ2) is 8.29. The number of piperidine rings is 1. The second-order valence-corrected chi connectivity index (χ2v) is 7.71. The maximum Gasteiger partial charge on any atom is 0.313 e. The van der Waals surface area contributed by atoms with Gasteiger partial charge in [0.25, 0.3) is 5.92 Å². The summed E-state index contributed by atoms with van der Waals surface area (Å²) in [5.41, 5.74) is 13.2. The van der Waals surface area contributed by atoms with Crippen LogP contribution in [0.15, 0.2) is 30.5 Å². The molecule has 1 aromatic carbocycles. The topological polar surface area (TPSA) is 138 Å². The number of rotatable bonds is 3. The van der Waals surface area contributed by atoms with E-state index < -0.39 is 36.1 Å². The van der Waals surface area contributed by atoms with Gasteiger partial charge in [-0.05, 0) is 30.2 Å². The van der Waals surface area contributed by atoms with E-state index >= 15 is 0 Å². The molecule has 10 heteroatoms. The number of aryl methyl sites for hydroxylation is 1. The fourth-order valence-electron chi connectivity index (χ4n) is 3.65. The summed E-state index contributed by atoms with van der Waals surface area (Å²) in [5.74, 6) is -5.85. The molecule has 2 amide bonds. The van der Waals surface area contributed by atoms with Crippen molar-refractivity contribution >= 4 is 35.2 Å². The van der Waals surface area contributed by atoms with Gasteiger partial charge < -0.3 is 27.1 Å². The molecule has 3 rings (SSSR count). The Morgan fingerprint density at radius 1 is 1.35 bits per heavy atom. The van der Waals surface area contributed by atoms with E-state index in [1.807, 2.05) is 0 Å². The quantitative estimate of drug-likeness (QED) is 0.337. The van der Waals surface area contributed by atoms with E-state index in [2.05, 4.69) is 10.3 Å². The molecule has 0 radical (unpaired) electrons. The highest BCUT2D eigenvalue weighted by molar-refractivity contribution is 6.39. The highest BCUT2D eigenvalue weighted by Crippen LogP contribution is 2.44. The Morgan fingerprint density at radius 3 is 2.71 bits per heavy atom. The monoisotopic (exact) mass is 430 g/mol. The van der Waals surface area contributed by atoms with Crippen LogP contribution in [0.1, 0.15) is 36.1 Å². The molecule has 1 aliphatic rings. The first-order chi connectivity index (χ1) is 14.5. The standard InChI is InChI=1S/C21H24F2N6O2/c1-11-6-13(9-27-18(11)26)28-19(30)20(31)29-10-12(2)21(22,23)7-17(29)14-4-3-5-16(25)15(14)8-24/h3-6,8-9,12,17,24H,7,10,25H2,1-2H3,(H2,26,27)(H,28,30)/t12-,17-/m0/s1. The van der Waals surface area contributed by atoms with E-state index in [9.17, 15) is 18.4 Å². The number of likely N-dealkylation sites (tertiary alicyclic amines) is 1. The van der Waals surface area contributed by atoms with Gasteiger partial charge in [0.1, 0.15) is 5.82 Å². The number of aromatic nitrogens is 1. The second-order valence-electron chi connectivity index (χ2n) is 7.71. The average molecular weight is 430 g/mol. The van der Waals surface area contributed by atoms with Crippen molar-refractivity contribution in [1.82, 2.24) is 9.88 Å². The summed E-state index contributed by atoms with van der Waals surface area (Å²) >= 11 is 0. The number of carbonyl (C=O) groups is 2. The number of amides is 2. The predicted molar refractivity (Wildman–Crippen MR) is 114 cm³/mol. The lowest BCUT2D eigenvalue weighted by molar-refractivity contribution is -0.159. The highest BCUT2D eigenvalue weighted by Gasteiger charge is 2.49. The van der Waals surface area contributed by atoms with E-state index in [1.54, 1.807) is 31.2 Å². The molecule has 1 saturated heterocycles. The SMILES string of the molecule is Cc1cc(NC(=O)C(=O)N2C[C@H](C)C(F)(F)C[C@H]2c2cccc(N)c2C=N)cnc1N. The average Bonchev–Trinajstić information content (AvgIpc) is 2.71. The van der Waals surface area contributed by atoms with Gasteiger partial charge in [-0.25, -0.2) is 13.8 Å². The molecular weight excluding hydrogens is 406 g/mol. The number of anilines is 3. The lowest BCUT2D eigenvalue weighted by atomic mass is 9.84. The zero-order valence-corrected chi connectivity index (χ0v) is 17.2. The molecule has 164 valence electrons. The van der Waals surface area contributed by atoms with Gasteiger partial charge in [-0.15, -0.1) is 0 Å². The zero-order chi connectivity index (χ0) is 22.9. The van der Waals surface area contributed by atoms with Crippen LogP contribution in [0.25, 0.3) is 0 Å². The van der Waals surface area contributed by atoms with Gasteiger partial charge in [-0.3, -0.25) is 9.59 Å². The first-order valence-electron chi connectivity index (χ1n) is 9.66. The Balaban J connectivity index is 1.94. The van der Waals surface area contributed by atoms with E-state index in [-0.39, 0.29) is 29.3 Å². The van der Waals surface area contributed by atoms with Gasteiger partial charge in [-0.1, -0.05) is 19.1 Å². The fourth-order valence-corrected chi connectivity index (χ4v) is 3.65. The number of nitrogens with one attached hydrogen (secondary N) is 2. The Hall–Kier alpha value is -3.56.